The van der Waals surface area contributed by atoms with E-state index in [4.69, 9.17) is 14.7 Å². The SMILES string of the molecule is CCNC(=O)Nc1ccc(-c2nc3c(c(N4CCOC[C@@H]4C)n2)CCN(CC(C)(C)C)C3)cc1. The highest BCUT2D eigenvalue weighted by atomic mass is 16.5. The Morgan fingerprint density at radius 2 is 1.94 bits per heavy atom. The topological polar surface area (TPSA) is 82.6 Å². The molecule has 0 spiro atoms. The molecule has 0 bridgehead atoms. The van der Waals surface area contributed by atoms with Crippen LogP contribution in [-0.2, 0) is 17.7 Å². The summed E-state index contributed by atoms with van der Waals surface area (Å²) < 4.78 is 5.69. The van der Waals surface area contributed by atoms with Crippen molar-refractivity contribution >= 4 is 17.5 Å². The Balaban J connectivity index is 1.67. The molecule has 2 aliphatic rings. The van der Waals surface area contributed by atoms with Crippen molar-refractivity contribution in [3.05, 3.63) is 35.5 Å². The van der Waals surface area contributed by atoms with Gasteiger partial charge in [0.1, 0.15) is 5.82 Å². The first-order valence-corrected chi connectivity index (χ1v) is 12.4. The number of morpholine rings is 1. The number of hydrogen-bond acceptors (Lipinski definition) is 6. The van der Waals surface area contributed by atoms with Crippen LogP contribution in [0.4, 0.5) is 16.3 Å². The number of anilines is 2. The van der Waals surface area contributed by atoms with Gasteiger partial charge in [-0.05, 0) is 49.9 Å². The minimum atomic E-state index is -0.206. The third-order valence-electron chi connectivity index (χ3n) is 6.20. The summed E-state index contributed by atoms with van der Waals surface area (Å²) in [7, 11) is 0. The van der Waals surface area contributed by atoms with Crippen LogP contribution in [0.3, 0.4) is 0 Å². The van der Waals surface area contributed by atoms with Gasteiger partial charge in [0.2, 0.25) is 0 Å². The second-order valence-corrected chi connectivity index (χ2v) is 10.5. The standard InChI is InChI=1S/C26H38N6O2/c1-6-27-25(33)28-20-9-7-19(8-10-20)23-29-22-15-31(17-26(3,4)5)12-11-21(22)24(30-23)32-13-14-34-16-18(32)2/h7-10,18H,6,11-17H2,1-5H3,(H2,27,28,33)/t18-/m0/s1. The molecular weight excluding hydrogens is 428 g/mol. The molecule has 2 aliphatic heterocycles. The van der Waals surface area contributed by atoms with Crippen molar-refractivity contribution in [2.24, 2.45) is 5.41 Å². The Labute approximate surface area is 203 Å². The summed E-state index contributed by atoms with van der Waals surface area (Å²) in [6.45, 7) is 16.7. The third kappa shape index (κ3) is 5.85. The van der Waals surface area contributed by atoms with Crippen LogP contribution in [0.1, 0.15) is 45.9 Å². The van der Waals surface area contributed by atoms with Gasteiger partial charge >= 0.3 is 6.03 Å². The van der Waals surface area contributed by atoms with Crippen LogP contribution in [0.2, 0.25) is 0 Å². The maximum Gasteiger partial charge on any atom is 0.319 e. The predicted octanol–water partition coefficient (Wildman–Crippen LogP) is 3.91. The Bertz CT molecular complexity index is 1000. The molecule has 8 heteroatoms. The molecule has 1 aromatic carbocycles. The number of hydrogen-bond donors (Lipinski definition) is 2. The molecule has 0 unspecified atom stereocenters. The van der Waals surface area contributed by atoms with Crippen molar-refractivity contribution in [1.29, 1.82) is 0 Å². The second kappa shape index (κ2) is 10.3. The molecule has 0 radical (unpaired) electrons. The maximum absolute atomic E-state index is 11.8. The maximum atomic E-state index is 11.8. The number of carbonyl (C=O) groups is 1. The molecule has 8 nitrogen and oxygen atoms in total. The number of aromatic nitrogens is 2. The van der Waals surface area contributed by atoms with E-state index >= 15 is 0 Å². The highest BCUT2D eigenvalue weighted by molar-refractivity contribution is 5.89. The molecule has 0 aliphatic carbocycles. The van der Waals surface area contributed by atoms with Gasteiger partial charge in [0.05, 0.1) is 24.9 Å². The van der Waals surface area contributed by atoms with Crippen molar-refractivity contribution in [3.63, 3.8) is 0 Å². The van der Waals surface area contributed by atoms with E-state index in [9.17, 15) is 4.79 Å². The van der Waals surface area contributed by atoms with Gasteiger partial charge in [-0.2, -0.15) is 0 Å². The molecule has 0 saturated carbocycles. The number of fused-ring (bicyclic) bond motifs is 1. The van der Waals surface area contributed by atoms with E-state index in [1.54, 1.807) is 0 Å². The zero-order valence-electron chi connectivity index (χ0n) is 21.1. The Hall–Kier alpha value is -2.71. The van der Waals surface area contributed by atoms with Crippen LogP contribution in [0.5, 0.6) is 0 Å². The van der Waals surface area contributed by atoms with Crippen LogP contribution in [0.25, 0.3) is 11.4 Å². The Kier molecular flexibility index (Phi) is 7.38. The van der Waals surface area contributed by atoms with Gasteiger partial charge < -0.3 is 20.3 Å². The zero-order chi connectivity index (χ0) is 24.3. The molecule has 4 rings (SSSR count). The van der Waals surface area contributed by atoms with E-state index in [2.05, 4.69) is 48.1 Å². The van der Waals surface area contributed by atoms with Crippen molar-refractivity contribution in [1.82, 2.24) is 20.2 Å². The van der Waals surface area contributed by atoms with E-state index in [-0.39, 0.29) is 17.5 Å². The van der Waals surface area contributed by atoms with Gasteiger partial charge in [-0.15, -0.1) is 0 Å². The largest absolute Gasteiger partial charge is 0.377 e. The van der Waals surface area contributed by atoms with Crippen molar-refractivity contribution < 1.29 is 9.53 Å². The average molecular weight is 467 g/mol. The predicted molar refractivity (Wildman–Crippen MR) is 136 cm³/mol. The Morgan fingerprint density at radius 1 is 1.18 bits per heavy atom. The summed E-state index contributed by atoms with van der Waals surface area (Å²) >= 11 is 0. The fourth-order valence-electron chi connectivity index (χ4n) is 4.72. The van der Waals surface area contributed by atoms with E-state index < -0.39 is 0 Å². The van der Waals surface area contributed by atoms with Gasteiger partial charge in [0, 0.05) is 49.5 Å². The number of benzene rings is 1. The molecule has 1 atom stereocenters. The first-order chi connectivity index (χ1) is 16.2. The van der Waals surface area contributed by atoms with Crippen molar-refractivity contribution in [2.75, 3.05) is 49.6 Å². The molecule has 2 aromatic rings. The molecular formula is C26H38N6O2. The zero-order valence-corrected chi connectivity index (χ0v) is 21.1. The van der Waals surface area contributed by atoms with Gasteiger partial charge in [0.15, 0.2) is 5.82 Å². The molecule has 184 valence electrons. The summed E-state index contributed by atoms with van der Waals surface area (Å²) in [4.78, 5) is 26.9. The molecule has 3 heterocycles. The fraction of sp³-hybridized carbons (Fsp3) is 0.577. The number of ether oxygens (including phenoxy) is 1. The van der Waals surface area contributed by atoms with Gasteiger partial charge in [-0.3, -0.25) is 4.90 Å². The molecule has 1 fully saturated rings. The monoisotopic (exact) mass is 466 g/mol. The second-order valence-electron chi connectivity index (χ2n) is 10.5. The lowest BCUT2D eigenvalue weighted by atomic mass is 9.94. The highest BCUT2D eigenvalue weighted by Crippen LogP contribution is 2.32. The molecule has 2 N–H and O–H groups in total. The summed E-state index contributed by atoms with van der Waals surface area (Å²) in [5, 5.41) is 5.60. The number of rotatable bonds is 5. The highest BCUT2D eigenvalue weighted by Gasteiger charge is 2.30. The first kappa shape index (κ1) is 24.4. The molecule has 1 aromatic heterocycles. The smallest absolute Gasteiger partial charge is 0.319 e. The summed E-state index contributed by atoms with van der Waals surface area (Å²) in [5.74, 6) is 1.78. The quantitative estimate of drug-likeness (QED) is 0.695. The lowest BCUT2D eigenvalue weighted by Gasteiger charge is -2.38. The number of amides is 2. The fourth-order valence-corrected chi connectivity index (χ4v) is 4.72. The van der Waals surface area contributed by atoms with E-state index in [1.165, 1.54) is 5.56 Å². The summed E-state index contributed by atoms with van der Waals surface area (Å²) in [5.41, 5.74) is 4.32. The van der Waals surface area contributed by atoms with Gasteiger partial charge in [-0.25, -0.2) is 14.8 Å². The third-order valence-corrected chi connectivity index (χ3v) is 6.20. The number of urea groups is 1. The average Bonchev–Trinajstić information content (AvgIpc) is 2.78. The first-order valence-electron chi connectivity index (χ1n) is 12.4. The van der Waals surface area contributed by atoms with Crippen LogP contribution < -0.4 is 15.5 Å². The number of carbonyl (C=O) groups excluding carboxylic acids is 1. The molecule has 2 amide bonds. The molecule has 1 saturated heterocycles. The van der Waals surface area contributed by atoms with Crippen LogP contribution in [0, 0.1) is 5.41 Å². The van der Waals surface area contributed by atoms with Crippen molar-refractivity contribution in [3.8, 4) is 11.4 Å². The molecule has 34 heavy (non-hydrogen) atoms. The van der Waals surface area contributed by atoms with Crippen LogP contribution >= 0.6 is 0 Å². The van der Waals surface area contributed by atoms with E-state index in [1.807, 2.05) is 31.2 Å². The number of nitrogens with one attached hydrogen (secondary N) is 2. The van der Waals surface area contributed by atoms with E-state index in [0.717, 1.165) is 67.8 Å². The minimum absolute atomic E-state index is 0.206. The lowest BCUT2D eigenvalue weighted by Crippen LogP contribution is -2.45. The number of nitrogens with zero attached hydrogens (tertiary/aromatic N) is 4. The van der Waals surface area contributed by atoms with Crippen LogP contribution in [-0.4, -0.2) is 66.3 Å². The van der Waals surface area contributed by atoms with Gasteiger partial charge in [-0.1, -0.05) is 20.8 Å². The van der Waals surface area contributed by atoms with Gasteiger partial charge in [0.25, 0.3) is 0 Å². The summed E-state index contributed by atoms with van der Waals surface area (Å²) in [6, 6.07) is 7.82. The summed E-state index contributed by atoms with van der Waals surface area (Å²) in [6.07, 6.45) is 0.959. The normalized spacial score (nSPS) is 19.0. The lowest BCUT2D eigenvalue weighted by molar-refractivity contribution is 0.0982. The minimum Gasteiger partial charge on any atom is -0.377 e. The van der Waals surface area contributed by atoms with Crippen LogP contribution in [0.15, 0.2) is 24.3 Å². The van der Waals surface area contributed by atoms with Crippen molar-refractivity contribution in [2.45, 2.75) is 53.6 Å². The van der Waals surface area contributed by atoms with E-state index in [0.29, 0.717) is 13.2 Å². The Morgan fingerprint density at radius 3 is 2.62 bits per heavy atom.